The SMILES string of the molecule is CCn1cc(-c2ccc(C)cc2)c(=O)c2ccc(C)cc21. The Hall–Kier alpha value is -2.35. The van der Waals surface area contributed by atoms with Crippen LogP contribution in [0.3, 0.4) is 0 Å². The van der Waals surface area contributed by atoms with Gasteiger partial charge in [-0.2, -0.15) is 0 Å². The summed E-state index contributed by atoms with van der Waals surface area (Å²) < 4.78 is 2.15. The van der Waals surface area contributed by atoms with Crippen molar-refractivity contribution in [3.63, 3.8) is 0 Å². The van der Waals surface area contributed by atoms with Gasteiger partial charge in [0.25, 0.3) is 0 Å². The largest absolute Gasteiger partial charge is 0.347 e. The third-order valence-corrected chi connectivity index (χ3v) is 3.94. The molecule has 0 unspecified atom stereocenters. The Balaban J connectivity index is 2.34. The van der Waals surface area contributed by atoms with Crippen LogP contribution in [0.2, 0.25) is 0 Å². The van der Waals surface area contributed by atoms with Gasteiger partial charge in [0.05, 0.1) is 5.52 Å². The third-order valence-electron chi connectivity index (χ3n) is 3.94. The lowest BCUT2D eigenvalue weighted by molar-refractivity contribution is 0.789. The Morgan fingerprint density at radius 3 is 2.29 bits per heavy atom. The number of pyridine rings is 1. The van der Waals surface area contributed by atoms with E-state index in [1.54, 1.807) is 0 Å². The normalized spacial score (nSPS) is 11.0. The Bertz CT molecular complexity index is 857. The quantitative estimate of drug-likeness (QED) is 0.684. The van der Waals surface area contributed by atoms with Crippen molar-refractivity contribution in [3.05, 3.63) is 70.0 Å². The molecule has 2 nitrogen and oxygen atoms in total. The van der Waals surface area contributed by atoms with Crippen LogP contribution in [0.25, 0.3) is 22.0 Å². The zero-order valence-corrected chi connectivity index (χ0v) is 12.7. The lowest BCUT2D eigenvalue weighted by Crippen LogP contribution is -2.11. The van der Waals surface area contributed by atoms with Gasteiger partial charge in [0.15, 0.2) is 5.43 Å². The Morgan fingerprint density at radius 1 is 0.952 bits per heavy atom. The van der Waals surface area contributed by atoms with Crippen LogP contribution in [-0.2, 0) is 6.54 Å². The van der Waals surface area contributed by atoms with Gasteiger partial charge in [-0.25, -0.2) is 0 Å². The average molecular weight is 277 g/mol. The summed E-state index contributed by atoms with van der Waals surface area (Å²) in [4.78, 5) is 12.8. The number of hydrogen-bond acceptors (Lipinski definition) is 1. The molecule has 1 aromatic heterocycles. The molecule has 0 atom stereocenters. The molecule has 0 N–H and O–H groups in total. The first-order valence-corrected chi connectivity index (χ1v) is 7.31. The minimum absolute atomic E-state index is 0.110. The van der Waals surface area contributed by atoms with Crippen LogP contribution in [0.5, 0.6) is 0 Å². The predicted octanol–water partition coefficient (Wildman–Crippen LogP) is 4.31. The summed E-state index contributed by atoms with van der Waals surface area (Å²) in [6.07, 6.45) is 1.98. The second-order valence-corrected chi connectivity index (χ2v) is 5.54. The molecule has 0 aliphatic carbocycles. The van der Waals surface area contributed by atoms with E-state index in [0.717, 1.165) is 28.6 Å². The van der Waals surface area contributed by atoms with E-state index in [4.69, 9.17) is 0 Å². The molecule has 3 rings (SSSR count). The molecule has 0 bridgehead atoms. The smallest absolute Gasteiger partial charge is 0.197 e. The molecule has 3 aromatic rings. The standard InChI is InChI=1S/C19H19NO/c1-4-20-12-17(15-8-5-13(2)6-9-15)19(21)16-10-7-14(3)11-18(16)20/h5-12H,4H2,1-3H3. The molecule has 0 aliphatic rings. The maximum atomic E-state index is 12.8. The number of rotatable bonds is 2. The fourth-order valence-electron chi connectivity index (χ4n) is 2.70. The number of hydrogen-bond donors (Lipinski definition) is 0. The summed E-state index contributed by atoms with van der Waals surface area (Å²) in [5.74, 6) is 0. The number of benzene rings is 2. The summed E-state index contributed by atoms with van der Waals surface area (Å²) in [6.45, 7) is 7.05. The van der Waals surface area contributed by atoms with Gasteiger partial charge in [0, 0.05) is 23.7 Å². The highest BCUT2D eigenvalue weighted by atomic mass is 16.1. The second kappa shape index (κ2) is 5.21. The molecular formula is C19H19NO. The molecular weight excluding hydrogens is 258 g/mol. The van der Waals surface area contributed by atoms with Crippen molar-refractivity contribution in [2.24, 2.45) is 0 Å². The van der Waals surface area contributed by atoms with Crippen molar-refractivity contribution >= 4 is 10.9 Å². The summed E-state index contributed by atoms with van der Waals surface area (Å²) >= 11 is 0. The minimum atomic E-state index is 0.110. The summed E-state index contributed by atoms with van der Waals surface area (Å²) in [7, 11) is 0. The number of nitrogens with zero attached hydrogens (tertiary/aromatic N) is 1. The maximum Gasteiger partial charge on any atom is 0.197 e. The summed E-state index contributed by atoms with van der Waals surface area (Å²) in [5, 5.41) is 0.792. The van der Waals surface area contributed by atoms with Crippen LogP contribution in [0, 0.1) is 13.8 Å². The summed E-state index contributed by atoms with van der Waals surface area (Å²) in [5.41, 5.74) is 5.25. The first kappa shape index (κ1) is 13.6. The number of fused-ring (bicyclic) bond motifs is 1. The first-order chi connectivity index (χ1) is 10.1. The highest BCUT2D eigenvalue weighted by Crippen LogP contribution is 2.21. The van der Waals surface area contributed by atoms with E-state index in [1.165, 1.54) is 11.1 Å². The van der Waals surface area contributed by atoms with Gasteiger partial charge in [-0.3, -0.25) is 4.79 Å². The molecule has 106 valence electrons. The van der Waals surface area contributed by atoms with Crippen molar-refractivity contribution in [2.45, 2.75) is 27.3 Å². The molecule has 0 saturated carbocycles. The van der Waals surface area contributed by atoms with Crippen molar-refractivity contribution in [3.8, 4) is 11.1 Å². The Kier molecular flexibility index (Phi) is 3.38. The van der Waals surface area contributed by atoms with Crippen LogP contribution in [0.15, 0.2) is 53.5 Å². The van der Waals surface area contributed by atoms with E-state index in [-0.39, 0.29) is 5.43 Å². The zero-order chi connectivity index (χ0) is 15.0. The van der Waals surface area contributed by atoms with Gasteiger partial charge >= 0.3 is 0 Å². The van der Waals surface area contributed by atoms with E-state index in [0.29, 0.717) is 0 Å². The predicted molar refractivity (Wildman–Crippen MR) is 88.8 cm³/mol. The minimum Gasteiger partial charge on any atom is -0.347 e. The topological polar surface area (TPSA) is 22.0 Å². The molecule has 21 heavy (non-hydrogen) atoms. The molecule has 0 saturated heterocycles. The Labute approximate surface area is 124 Å². The fraction of sp³-hybridized carbons (Fsp3) is 0.211. The lowest BCUT2D eigenvalue weighted by Gasteiger charge is -2.12. The second-order valence-electron chi connectivity index (χ2n) is 5.54. The average Bonchev–Trinajstić information content (AvgIpc) is 2.49. The van der Waals surface area contributed by atoms with E-state index >= 15 is 0 Å². The van der Waals surface area contributed by atoms with Crippen LogP contribution in [0.4, 0.5) is 0 Å². The van der Waals surface area contributed by atoms with Gasteiger partial charge in [-0.05, 0) is 44.0 Å². The molecule has 2 aromatic carbocycles. The van der Waals surface area contributed by atoms with Gasteiger partial charge in [-0.15, -0.1) is 0 Å². The van der Waals surface area contributed by atoms with Crippen molar-refractivity contribution in [1.29, 1.82) is 0 Å². The van der Waals surface area contributed by atoms with Crippen LogP contribution in [0.1, 0.15) is 18.1 Å². The maximum absolute atomic E-state index is 12.8. The molecule has 1 heterocycles. The highest BCUT2D eigenvalue weighted by molar-refractivity contribution is 5.84. The van der Waals surface area contributed by atoms with Gasteiger partial charge in [0.2, 0.25) is 0 Å². The number of aromatic nitrogens is 1. The van der Waals surface area contributed by atoms with Crippen LogP contribution >= 0.6 is 0 Å². The van der Waals surface area contributed by atoms with E-state index in [9.17, 15) is 4.79 Å². The van der Waals surface area contributed by atoms with Gasteiger partial charge in [0.1, 0.15) is 0 Å². The Morgan fingerprint density at radius 2 is 1.62 bits per heavy atom. The van der Waals surface area contributed by atoms with Gasteiger partial charge in [-0.1, -0.05) is 35.9 Å². The monoisotopic (exact) mass is 277 g/mol. The lowest BCUT2D eigenvalue weighted by atomic mass is 10.0. The zero-order valence-electron chi connectivity index (χ0n) is 12.7. The molecule has 0 radical (unpaired) electrons. The first-order valence-electron chi connectivity index (χ1n) is 7.31. The van der Waals surface area contributed by atoms with Crippen molar-refractivity contribution < 1.29 is 0 Å². The van der Waals surface area contributed by atoms with Crippen LogP contribution < -0.4 is 5.43 Å². The third kappa shape index (κ3) is 2.38. The van der Waals surface area contributed by atoms with E-state index in [2.05, 4.69) is 31.4 Å². The molecule has 0 spiro atoms. The number of aryl methyl sites for hydroxylation is 3. The fourth-order valence-corrected chi connectivity index (χ4v) is 2.70. The van der Waals surface area contributed by atoms with E-state index in [1.807, 2.05) is 42.6 Å². The van der Waals surface area contributed by atoms with E-state index < -0.39 is 0 Å². The molecule has 0 amide bonds. The molecule has 0 aliphatic heterocycles. The molecule has 0 fully saturated rings. The van der Waals surface area contributed by atoms with Gasteiger partial charge < -0.3 is 4.57 Å². The van der Waals surface area contributed by atoms with Crippen molar-refractivity contribution in [1.82, 2.24) is 4.57 Å². The molecule has 2 heteroatoms. The summed E-state index contributed by atoms with van der Waals surface area (Å²) in [6, 6.07) is 14.2. The van der Waals surface area contributed by atoms with Crippen LogP contribution in [-0.4, -0.2) is 4.57 Å². The highest BCUT2D eigenvalue weighted by Gasteiger charge is 2.10. The van der Waals surface area contributed by atoms with Crippen molar-refractivity contribution in [2.75, 3.05) is 0 Å².